The molecule has 0 spiro atoms. The van der Waals surface area contributed by atoms with Gasteiger partial charge >= 0.3 is 71.6 Å². The van der Waals surface area contributed by atoms with E-state index in [1.807, 2.05) is 0 Å². The van der Waals surface area contributed by atoms with Crippen molar-refractivity contribution in [1.82, 2.24) is 0 Å². The highest BCUT2D eigenvalue weighted by molar-refractivity contribution is 5.94. The summed E-state index contributed by atoms with van der Waals surface area (Å²) in [5, 5.41) is 38.6. The summed E-state index contributed by atoms with van der Waals surface area (Å²) in [6.45, 7) is 12.0. The van der Waals surface area contributed by atoms with Crippen molar-refractivity contribution in [1.29, 1.82) is 0 Å². The van der Waals surface area contributed by atoms with Gasteiger partial charge in [-0.2, -0.15) is 0 Å². The van der Waals surface area contributed by atoms with Crippen LogP contribution in [0, 0.1) is 0 Å². The number of esters is 12. The summed E-state index contributed by atoms with van der Waals surface area (Å²) in [5.41, 5.74) is 0.276. The summed E-state index contributed by atoms with van der Waals surface area (Å²) >= 11 is 0. The molecule has 0 saturated carbocycles. The zero-order valence-corrected chi connectivity index (χ0v) is 46.2. The molecular weight excluding hydrogens is 1160 g/mol. The van der Waals surface area contributed by atoms with Gasteiger partial charge in [0.2, 0.25) is 0 Å². The average molecular weight is 1230 g/mol. The number of ether oxygens (including phenoxy) is 16. The molecule has 0 radical (unpaired) electrons. The van der Waals surface area contributed by atoms with Gasteiger partial charge < -0.3 is 96.2 Å². The van der Waals surface area contributed by atoms with Gasteiger partial charge in [0.1, 0.15) is 102 Å². The first-order chi connectivity index (χ1) is 40.8. The van der Waals surface area contributed by atoms with Gasteiger partial charge in [0, 0.05) is 71.9 Å². The van der Waals surface area contributed by atoms with Crippen molar-refractivity contribution in [3.8, 4) is 0 Å². The second-order valence-electron chi connectivity index (χ2n) is 18.0. The lowest BCUT2D eigenvalue weighted by atomic mass is 10.1. The van der Waals surface area contributed by atoms with Crippen molar-refractivity contribution in [3.05, 3.63) is 98.2 Å². The topological polar surface area (TPSA) is 433 Å². The lowest BCUT2D eigenvalue weighted by Gasteiger charge is -2.16. The SMILES string of the molecule is C=C(C)C(=O)OCC(O)COC(=O)/C=C\C(=O)OC1COC2C(OC(=O)/C=C\C(=O)OCC(O)COC(=O)C(=C)C)COC12.C=CC(=O)OCC(O)COC(=O)/C=C\C(=O)OC1COC2C(OC(=O)/C=C\C(=O)OCC(O)COC(=O)C=C)COC12. The zero-order chi connectivity index (χ0) is 63.9. The van der Waals surface area contributed by atoms with Crippen LogP contribution in [-0.4, -0.2) is 245 Å². The van der Waals surface area contributed by atoms with E-state index in [2.05, 4.69) is 35.8 Å². The summed E-state index contributed by atoms with van der Waals surface area (Å²) in [5.74, 6) is -10.5. The lowest BCUT2D eigenvalue weighted by Crippen LogP contribution is -2.35. The highest BCUT2D eigenvalue weighted by atomic mass is 16.7. The van der Waals surface area contributed by atoms with Gasteiger partial charge in [-0.3, -0.25) is 0 Å². The van der Waals surface area contributed by atoms with Gasteiger partial charge in [0.05, 0.1) is 26.4 Å². The first-order valence-electron chi connectivity index (χ1n) is 25.4. The normalized spacial score (nSPS) is 22.2. The molecule has 4 heterocycles. The predicted molar refractivity (Wildman–Crippen MR) is 277 cm³/mol. The molecule has 4 saturated heterocycles. The van der Waals surface area contributed by atoms with E-state index in [9.17, 15) is 78.0 Å². The summed E-state index contributed by atoms with van der Waals surface area (Å²) in [4.78, 5) is 140. The van der Waals surface area contributed by atoms with Crippen LogP contribution in [-0.2, 0) is 133 Å². The zero-order valence-electron chi connectivity index (χ0n) is 46.2. The Morgan fingerprint density at radius 1 is 0.349 bits per heavy atom. The molecule has 4 aliphatic rings. The van der Waals surface area contributed by atoms with Crippen molar-refractivity contribution in [2.75, 3.05) is 79.3 Å². The van der Waals surface area contributed by atoms with Gasteiger partial charge in [-0.15, -0.1) is 0 Å². The molecule has 4 rings (SSSR count). The number of carbonyl (C=O) groups is 12. The molecule has 32 heteroatoms. The molecule has 0 bridgehead atoms. The van der Waals surface area contributed by atoms with Crippen LogP contribution >= 0.6 is 0 Å². The van der Waals surface area contributed by atoms with Crippen LogP contribution in [0.4, 0.5) is 0 Å². The first kappa shape index (κ1) is 71.5. The van der Waals surface area contributed by atoms with E-state index in [4.69, 9.17) is 66.3 Å². The van der Waals surface area contributed by atoms with Gasteiger partial charge in [0.25, 0.3) is 0 Å². The van der Waals surface area contributed by atoms with Crippen LogP contribution in [0.1, 0.15) is 13.8 Å². The molecule has 32 nitrogen and oxygen atoms in total. The van der Waals surface area contributed by atoms with E-state index in [0.717, 1.165) is 60.8 Å². The van der Waals surface area contributed by atoms with Crippen molar-refractivity contribution >= 4 is 71.6 Å². The predicted octanol–water partition coefficient (Wildman–Crippen LogP) is -3.25. The second-order valence-corrected chi connectivity index (χ2v) is 18.0. The third-order valence-corrected chi connectivity index (χ3v) is 10.8. The number of hydrogen-bond acceptors (Lipinski definition) is 32. The van der Waals surface area contributed by atoms with E-state index in [-0.39, 0.29) is 37.6 Å². The van der Waals surface area contributed by atoms with Crippen LogP contribution in [0.15, 0.2) is 98.2 Å². The maximum absolute atomic E-state index is 12.1. The Labute approximate surface area is 488 Å². The van der Waals surface area contributed by atoms with Crippen molar-refractivity contribution < 1.29 is 154 Å². The first-order valence-corrected chi connectivity index (χ1v) is 25.4. The molecule has 86 heavy (non-hydrogen) atoms. The Bertz CT molecular complexity index is 2420. The van der Waals surface area contributed by atoms with E-state index < -0.39 is 198 Å². The summed E-state index contributed by atoms with van der Waals surface area (Å²) in [6, 6.07) is 0. The van der Waals surface area contributed by atoms with E-state index >= 15 is 0 Å². The Kier molecular flexibility index (Phi) is 31.2. The molecule has 0 aromatic carbocycles. The van der Waals surface area contributed by atoms with Crippen LogP contribution in [0.2, 0.25) is 0 Å². The Morgan fingerprint density at radius 3 is 0.733 bits per heavy atom. The van der Waals surface area contributed by atoms with E-state index in [0.29, 0.717) is 0 Å². The standard InChI is InChI=1S/C28H34O16.C26H30O16/c1-15(2)27(35)41-11-17(29)9-37-21(31)5-7-23(33)43-19-13-39-26-20(14-40-25(19)26)44-24(34)8-6-22(32)38-10-18(30)12-42-28(36)16(3)4;1-3-19(29)35-9-15(27)11-37-21(31)5-7-23(33)41-17-13-39-26-18(14-40-25(17)26)42-24(34)8-6-22(32)38-12-16(28)10-36-20(30)4-2/h5-8,17-20,25-26,29-30H,1,3,9-14H2,2,4H3;3-8,15-18,25-28H,1-2,9-14H2/b2*7-5-,8-6-. The molecule has 4 aliphatic heterocycles. The summed E-state index contributed by atoms with van der Waals surface area (Å²) < 4.78 is 80.7. The molecule has 0 aliphatic carbocycles. The van der Waals surface area contributed by atoms with Crippen LogP contribution < -0.4 is 0 Å². The van der Waals surface area contributed by atoms with E-state index in [1.165, 1.54) is 13.8 Å². The molecule has 0 aromatic heterocycles. The van der Waals surface area contributed by atoms with E-state index in [1.54, 1.807) is 0 Å². The fourth-order valence-corrected chi connectivity index (χ4v) is 6.72. The highest BCUT2D eigenvalue weighted by Crippen LogP contribution is 2.32. The number of hydrogen-bond donors (Lipinski definition) is 4. The molecule has 4 N–H and O–H groups in total. The van der Waals surface area contributed by atoms with Crippen LogP contribution in [0.25, 0.3) is 0 Å². The van der Waals surface area contributed by atoms with Crippen molar-refractivity contribution in [3.63, 3.8) is 0 Å². The number of carbonyl (C=O) groups excluding carboxylic acids is 12. The summed E-state index contributed by atoms with van der Waals surface area (Å²) in [6.07, 6.45) is -3.65. The Balaban J connectivity index is 0.000000451. The van der Waals surface area contributed by atoms with Gasteiger partial charge in [-0.1, -0.05) is 26.3 Å². The quantitative estimate of drug-likeness (QED) is 0.0292. The summed E-state index contributed by atoms with van der Waals surface area (Å²) in [7, 11) is 0. The number of rotatable bonds is 32. The third-order valence-electron chi connectivity index (χ3n) is 10.8. The molecule has 4 fully saturated rings. The maximum Gasteiger partial charge on any atom is 0.333 e. The second kappa shape index (κ2) is 37.5. The molecule has 472 valence electrons. The minimum Gasteiger partial charge on any atom is -0.460 e. The van der Waals surface area contributed by atoms with Gasteiger partial charge in [-0.25, -0.2) is 57.5 Å². The van der Waals surface area contributed by atoms with Gasteiger partial charge in [-0.05, 0) is 13.8 Å². The molecular formula is C54H64O32. The van der Waals surface area contributed by atoms with Crippen molar-refractivity contribution in [2.24, 2.45) is 0 Å². The number of aliphatic hydroxyl groups is 4. The monoisotopic (exact) mass is 1220 g/mol. The Morgan fingerprint density at radius 2 is 0.535 bits per heavy atom. The fourth-order valence-electron chi connectivity index (χ4n) is 6.72. The highest BCUT2D eigenvalue weighted by Gasteiger charge is 2.52. The smallest absolute Gasteiger partial charge is 0.333 e. The molecule has 0 aromatic rings. The van der Waals surface area contributed by atoms with Crippen molar-refractivity contribution in [2.45, 2.75) is 87.1 Å². The van der Waals surface area contributed by atoms with Crippen LogP contribution in [0.3, 0.4) is 0 Å². The maximum atomic E-state index is 12.1. The number of aliphatic hydroxyl groups excluding tert-OH is 4. The van der Waals surface area contributed by atoms with Crippen LogP contribution in [0.5, 0.6) is 0 Å². The number of fused-ring (bicyclic) bond motifs is 2. The van der Waals surface area contributed by atoms with Gasteiger partial charge in [0.15, 0.2) is 24.4 Å². The molecule has 12 unspecified atom stereocenters. The fraction of sp³-hybridized carbons (Fsp3) is 0.481. The molecule has 0 amide bonds. The Hall–Kier alpha value is -8.76. The lowest BCUT2D eigenvalue weighted by molar-refractivity contribution is -0.151. The molecule has 12 atom stereocenters. The minimum atomic E-state index is -1.29. The average Bonchev–Trinajstić information content (AvgIpc) is 4.03. The third kappa shape index (κ3) is 27.3. The largest absolute Gasteiger partial charge is 0.460 e. The minimum absolute atomic E-state index is 0.0877.